The van der Waals surface area contributed by atoms with Crippen LogP contribution in [0, 0.1) is 45.3 Å². The minimum absolute atomic E-state index is 0.0984. The average molecular weight is 306 g/mol. The van der Waals surface area contributed by atoms with Crippen LogP contribution < -0.4 is 10.4 Å². The summed E-state index contributed by atoms with van der Waals surface area (Å²) < 4.78 is 0. The second-order valence-corrected chi connectivity index (χ2v) is 4.75. The summed E-state index contributed by atoms with van der Waals surface area (Å²) in [6.45, 7) is 0. The molecule has 0 aliphatic rings. The number of nitriles is 4. The highest BCUT2D eigenvalue weighted by Gasteiger charge is 2.13. The fraction of sp³-hybridized carbons (Fsp3) is 0. The van der Waals surface area contributed by atoms with Crippen molar-refractivity contribution in [2.45, 2.75) is 0 Å². The van der Waals surface area contributed by atoms with Crippen molar-refractivity contribution in [3.05, 3.63) is 47.1 Å². The SMILES string of the molecule is N#CC(C#N)=c1c2ccccc2c(=C(C#N)C#N)c2nccnc12. The van der Waals surface area contributed by atoms with E-state index in [0.717, 1.165) is 0 Å². The molecule has 0 bridgehead atoms. The molecule has 6 heteroatoms. The first-order chi connectivity index (χ1) is 11.8. The number of hydrogen-bond donors (Lipinski definition) is 0. The summed E-state index contributed by atoms with van der Waals surface area (Å²) in [7, 11) is 0. The van der Waals surface area contributed by atoms with Gasteiger partial charge in [0.2, 0.25) is 0 Å². The molecule has 108 valence electrons. The van der Waals surface area contributed by atoms with E-state index in [-0.39, 0.29) is 11.1 Å². The van der Waals surface area contributed by atoms with Crippen molar-refractivity contribution >= 4 is 33.0 Å². The molecule has 1 heterocycles. The van der Waals surface area contributed by atoms with Crippen LogP contribution in [0.3, 0.4) is 0 Å². The predicted octanol–water partition coefficient (Wildman–Crippen LogP) is 1.18. The lowest BCUT2D eigenvalue weighted by Crippen LogP contribution is -2.20. The van der Waals surface area contributed by atoms with Crippen LogP contribution in [0.15, 0.2) is 36.7 Å². The molecule has 0 atom stereocenters. The molecule has 0 N–H and O–H groups in total. The van der Waals surface area contributed by atoms with Gasteiger partial charge in [-0.3, -0.25) is 9.97 Å². The Labute approximate surface area is 136 Å². The normalized spacial score (nSPS) is 9.50. The third-order valence-corrected chi connectivity index (χ3v) is 3.58. The van der Waals surface area contributed by atoms with E-state index in [0.29, 0.717) is 32.2 Å². The van der Waals surface area contributed by atoms with Gasteiger partial charge in [-0.2, -0.15) is 21.0 Å². The summed E-state index contributed by atoms with van der Waals surface area (Å²) >= 11 is 0. The van der Waals surface area contributed by atoms with Crippen LogP contribution in [-0.4, -0.2) is 9.97 Å². The van der Waals surface area contributed by atoms with Crippen LogP contribution in [0.5, 0.6) is 0 Å². The van der Waals surface area contributed by atoms with Gasteiger partial charge in [-0.15, -0.1) is 0 Å². The maximum absolute atomic E-state index is 9.30. The molecule has 2 aromatic carbocycles. The number of benzene rings is 2. The molecule has 3 aromatic rings. The first kappa shape index (κ1) is 14.7. The molecule has 0 spiro atoms. The smallest absolute Gasteiger partial charge is 0.139 e. The molecule has 0 amide bonds. The summed E-state index contributed by atoms with van der Waals surface area (Å²) in [5.41, 5.74) is 0.428. The molecule has 0 saturated heterocycles. The van der Waals surface area contributed by atoms with Crippen LogP contribution >= 0.6 is 0 Å². The maximum Gasteiger partial charge on any atom is 0.139 e. The first-order valence-corrected chi connectivity index (χ1v) is 6.77. The monoisotopic (exact) mass is 306 g/mol. The zero-order valence-corrected chi connectivity index (χ0v) is 12.1. The lowest BCUT2D eigenvalue weighted by atomic mass is 9.98. The van der Waals surface area contributed by atoms with Crippen molar-refractivity contribution in [1.29, 1.82) is 21.0 Å². The molecule has 0 fully saturated rings. The molecule has 0 unspecified atom stereocenters. The highest BCUT2D eigenvalue weighted by atomic mass is 14.8. The van der Waals surface area contributed by atoms with Crippen LogP contribution in [0.4, 0.5) is 0 Å². The summed E-state index contributed by atoms with van der Waals surface area (Å²) in [5.74, 6) is 0. The number of rotatable bonds is 0. The van der Waals surface area contributed by atoms with Crippen molar-refractivity contribution in [3.63, 3.8) is 0 Å². The second kappa shape index (κ2) is 5.85. The van der Waals surface area contributed by atoms with Crippen molar-refractivity contribution in [2.75, 3.05) is 0 Å². The molecule has 0 aliphatic carbocycles. The van der Waals surface area contributed by atoms with Gasteiger partial charge in [0.15, 0.2) is 0 Å². The predicted molar refractivity (Wildman–Crippen MR) is 85.6 cm³/mol. The Balaban J connectivity index is 2.95. The van der Waals surface area contributed by atoms with Crippen LogP contribution in [0.25, 0.3) is 33.0 Å². The van der Waals surface area contributed by atoms with E-state index in [1.54, 1.807) is 24.3 Å². The number of fused-ring (bicyclic) bond motifs is 2. The minimum atomic E-state index is -0.0984. The molecular formula is C18H6N6. The van der Waals surface area contributed by atoms with Crippen molar-refractivity contribution in [1.82, 2.24) is 9.97 Å². The van der Waals surface area contributed by atoms with E-state index in [4.69, 9.17) is 0 Å². The highest BCUT2D eigenvalue weighted by molar-refractivity contribution is 6.03. The Morgan fingerprint density at radius 2 is 1.04 bits per heavy atom. The molecule has 3 rings (SSSR count). The lowest BCUT2D eigenvalue weighted by Gasteiger charge is -2.06. The van der Waals surface area contributed by atoms with E-state index in [1.165, 1.54) is 12.4 Å². The van der Waals surface area contributed by atoms with Crippen LogP contribution in [0.1, 0.15) is 0 Å². The molecule has 0 aliphatic heterocycles. The second-order valence-electron chi connectivity index (χ2n) is 4.75. The Morgan fingerprint density at radius 3 is 1.38 bits per heavy atom. The minimum Gasteiger partial charge on any atom is -0.252 e. The van der Waals surface area contributed by atoms with Crippen molar-refractivity contribution < 1.29 is 0 Å². The highest BCUT2D eigenvalue weighted by Crippen LogP contribution is 2.13. The zero-order chi connectivity index (χ0) is 17.1. The summed E-state index contributed by atoms with van der Waals surface area (Å²) in [4.78, 5) is 8.48. The maximum atomic E-state index is 9.30. The van der Waals surface area contributed by atoms with Crippen molar-refractivity contribution in [3.8, 4) is 24.3 Å². The Kier molecular flexibility index (Phi) is 3.58. The summed E-state index contributed by atoms with van der Waals surface area (Å²) in [6, 6.07) is 14.5. The van der Waals surface area contributed by atoms with E-state index in [1.807, 2.05) is 24.3 Å². The molecule has 24 heavy (non-hydrogen) atoms. The topological polar surface area (TPSA) is 121 Å². The van der Waals surface area contributed by atoms with Gasteiger partial charge < -0.3 is 0 Å². The van der Waals surface area contributed by atoms with Gasteiger partial charge in [0.1, 0.15) is 35.4 Å². The number of hydrogen-bond acceptors (Lipinski definition) is 6. The van der Waals surface area contributed by atoms with E-state index >= 15 is 0 Å². The van der Waals surface area contributed by atoms with Gasteiger partial charge in [-0.05, 0) is 10.8 Å². The largest absolute Gasteiger partial charge is 0.252 e. The molecule has 6 nitrogen and oxygen atoms in total. The summed E-state index contributed by atoms with van der Waals surface area (Å²) in [6.07, 6.45) is 2.88. The van der Waals surface area contributed by atoms with Gasteiger partial charge in [0.05, 0.1) is 11.0 Å². The quantitative estimate of drug-likeness (QED) is 0.575. The van der Waals surface area contributed by atoms with Crippen molar-refractivity contribution in [2.24, 2.45) is 0 Å². The fourth-order valence-electron chi connectivity index (χ4n) is 2.66. The fourth-order valence-corrected chi connectivity index (χ4v) is 2.66. The Morgan fingerprint density at radius 1 is 0.667 bits per heavy atom. The Hall–Kier alpha value is -4.26. The Bertz CT molecular complexity index is 1090. The van der Waals surface area contributed by atoms with Gasteiger partial charge in [0, 0.05) is 22.8 Å². The van der Waals surface area contributed by atoms with Crippen LogP contribution in [-0.2, 0) is 0 Å². The molecule has 0 saturated carbocycles. The molecule has 1 aromatic heterocycles. The van der Waals surface area contributed by atoms with Crippen LogP contribution in [0.2, 0.25) is 0 Å². The number of nitrogens with zero attached hydrogens (tertiary/aromatic N) is 6. The molecular weight excluding hydrogens is 300 g/mol. The third-order valence-electron chi connectivity index (χ3n) is 3.58. The van der Waals surface area contributed by atoms with Gasteiger partial charge >= 0.3 is 0 Å². The summed E-state index contributed by atoms with van der Waals surface area (Å²) in [5, 5.41) is 39.1. The average Bonchev–Trinajstić information content (AvgIpc) is 2.64. The van der Waals surface area contributed by atoms with E-state index < -0.39 is 0 Å². The third kappa shape index (κ3) is 2.01. The van der Waals surface area contributed by atoms with Gasteiger partial charge in [-0.25, -0.2) is 0 Å². The molecule has 0 radical (unpaired) electrons. The standard InChI is InChI=1S/C18H6N6/c19-7-11(8-20)15-13-3-1-2-4-14(13)16(12(9-21)10-22)18-17(15)23-5-6-24-18/h1-6H. The lowest BCUT2D eigenvalue weighted by molar-refractivity contribution is 1.28. The van der Waals surface area contributed by atoms with E-state index in [9.17, 15) is 21.0 Å². The van der Waals surface area contributed by atoms with E-state index in [2.05, 4.69) is 9.97 Å². The number of aromatic nitrogens is 2. The van der Waals surface area contributed by atoms with Gasteiger partial charge in [-0.1, -0.05) is 24.3 Å². The zero-order valence-electron chi connectivity index (χ0n) is 12.1. The first-order valence-electron chi connectivity index (χ1n) is 6.77. The van der Waals surface area contributed by atoms with Gasteiger partial charge in [0.25, 0.3) is 0 Å².